The molecule has 0 aromatic heterocycles. The molecule has 4 nitrogen and oxygen atoms in total. The topological polar surface area (TPSA) is 66.8 Å². The summed E-state index contributed by atoms with van der Waals surface area (Å²) >= 11 is 0. The van der Waals surface area contributed by atoms with Crippen LogP contribution in [0.3, 0.4) is 0 Å². The smallest absolute Gasteiger partial charge is 0.142 e. The van der Waals surface area contributed by atoms with E-state index in [2.05, 4.69) is 0 Å². The summed E-state index contributed by atoms with van der Waals surface area (Å²) in [4.78, 5) is 10.1. The zero-order chi connectivity index (χ0) is 15.5. The SMILES string of the molecule is C[C@@H](COCc1ccccc1)[C@@H](O)C[C@@H](O)C/C=C/C=O. The minimum Gasteiger partial charge on any atom is -0.393 e. The molecule has 0 saturated heterocycles. The molecule has 0 aliphatic heterocycles. The summed E-state index contributed by atoms with van der Waals surface area (Å²) in [6.07, 6.45) is 2.99. The average Bonchev–Trinajstić information content (AvgIpc) is 2.48. The van der Waals surface area contributed by atoms with E-state index in [1.807, 2.05) is 37.3 Å². The van der Waals surface area contributed by atoms with E-state index in [0.717, 1.165) is 5.56 Å². The molecule has 4 heteroatoms. The number of aliphatic hydroxyl groups is 2. The summed E-state index contributed by atoms with van der Waals surface area (Å²) in [7, 11) is 0. The molecule has 116 valence electrons. The van der Waals surface area contributed by atoms with Gasteiger partial charge in [0.2, 0.25) is 0 Å². The molecule has 2 N–H and O–H groups in total. The number of carbonyl (C=O) groups excluding carboxylic acids is 1. The number of hydrogen-bond donors (Lipinski definition) is 2. The molecule has 1 aromatic rings. The molecule has 0 heterocycles. The second kappa shape index (κ2) is 10.3. The number of hydrogen-bond acceptors (Lipinski definition) is 4. The van der Waals surface area contributed by atoms with Crippen LogP contribution in [0.5, 0.6) is 0 Å². The molecule has 0 radical (unpaired) electrons. The van der Waals surface area contributed by atoms with Crippen LogP contribution in [0.1, 0.15) is 25.3 Å². The molecule has 0 fully saturated rings. The van der Waals surface area contributed by atoms with Crippen molar-refractivity contribution in [1.82, 2.24) is 0 Å². The van der Waals surface area contributed by atoms with Crippen LogP contribution < -0.4 is 0 Å². The number of rotatable bonds is 10. The first kappa shape index (κ1) is 17.6. The molecule has 1 rings (SSSR count). The lowest BCUT2D eigenvalue weighted by Gasteiger charge is -2.21. The Morgan fingerprint density at radius 3 is 2.62 bits per heavy atom. The quantitative estimate of drug-likeness (QED) is 0.512. The van der Waals surface area contributed by atoms with Gasteiger partial charge in [-0.05, 0) is 24.5 Å². The molecule has 0 spiro atoms. The molecular weight excluding hydrogens is 268 g/mol. The van der Waals surface area contributed by atoms with Crippen LogP contribution in [0, 0.1) is 5.92 Å². The van der Waals surface area contributed by atoms with Gasteiger partial charge in [0.25, 0.3) is 0 Å². The Hall–Kier alpha value is -1.49. The van der Waals surface area contributed by atoms with Crippen LogP contribution >= 0.6 is 0 Å². The zero-order valence-electron chi connectivity index (χ0n) is 12.4. The van der Waals surface area contributed by atoms with Crippen molar-refractivity contribution >= 4 is 6.29 Å². The maximum atomic E-state index is 10.1. The summed E-state index contributed by atoms with van der Waals surface area (Å²) in [5.74, 6) is -0.0570. The van der Waals surface area contributed by atoms with Crippen molar-refractivity contribution in [1.29, 1.82) is 0 Å². The van der Waals surface area contributed by atoms with E-state index in [4.69, 9.17) is 4.74 Å². The molecule has 0 aliphatic carbocycles. The van der Waals surface area contributed by atoms with Crippen molar-refractivity contribution in [2.24, 2.45) is 5.92 Å². The summed E-state index contributed by atoms with van der Waals surface area (Å²) in [5.41, 5.74) is 1.10. The van der Waals surface area contributed by atoms with Gasteiger partial charge >= 0.3 is 0 Å². The summed E-state index contributed by atoms with van der Waals surface area (Å²) in [6, 6.07) is 9.85. The third kappa shape index (κ3) is 7.75. The number of aldehydes is 1. The van der Waals surface area contributed by atoms with Crippen molar-refractivity contribution in [2.75, 3.05) is 6.61 Å². The van der Waals surface area contributed by atoms with Gasteiger partial charge in [-0.15, -0.1) is 0 Å². The van der Waals surface area contributed by atoms with E-state index >= 15 is 0 Å². The number of benzene rings is 1. The summed E-state index contributed by atoms with van der Waals surface area (Å²) in [6.45, 7) is 2.85. The minimum atomic E-state index is -0.646. The Bertz CT molecular complexity index is 416. The highest BCUT2D eigenvalue weighted by molar-refractivity contribution is 5.64. The van der Waals surface area contributed by atoms with Gasteiger partial charge in [0.15, 0.2) is 0 Å². The van der Waals surface area contributed by atoms with Crippen LogP contribution in [-0.2, 0) is 16.1 Å². The lowest BCUT2D eigenvalue weighted by Crippen LogP contribution is -2.27. The first-order chi connectivity index (χ1) is 10.1. The van der Waals surface area contributed by atoms with E-state index in [0.29, 0.717) is 25.9 Å². The second-order valence-corrected chi connectivity index (χ2v) is 5.23. The van der Waals surface area contributed by atoms with Crippen LogP contribution in [-0.4, -0.2) is 35.3 Å². The monoisotopic (exact) mass is 292 g/mol. The predicted molar refractivity (Wildman–Crippen MR) is 81.7 cm³/mol. The first-order valence-corrected chi connectivity index (χ1v) is 7.21. The summed E-state index contributed by atoms with van der Waals surface area (Å²) < 4.78 is 5.58. The van der Waals surface area contributed by atoms with E-state index in [-0.39, 0.29) is 12.3 Å². The van der Waals surface area contributed by atoms with Crippen molar-refractivity contribution in [3.63, 3.8) is 0 Å². The average molecular weight is 292 g/mol. The molecule has 0 unspecified atom stereocenters. The number of aliphatic hydroxyl groups excluding tert-OH is 2. The Balaban J connectivity index is 2.22. The molecule has 0 aliphatic rings. The Morgan fingerprint density at radius 2 is 1.95 bits per heavy atom. The third-order valence-electron chi connectivity index (χ3n) is 3.29. The van der Waals surface area contributed by atoms with Crippen LogP contribution in [0.15, 0.2) is 42.5 Å². The van der Waals surface area contributed by atoms with Gasteiger partial charge in [-0.3, -0.25) is 4.79 Å². The fourth-order valence-electron chi connectivity index (χ4n) is 1.95. The lowest BCUT2D eigenvalue weighted by atomic mass is 9.98. The van der Waals surface area contributed by atoms with Crippen molar-refractivity contribution in [3.05, 3.63) is 48.0 Å². The fourth-order valence-corrected chi connectivity index (χ4v) is 1.95. The third-order valence-corrected chi connectivity index (χ3v) is 3.29. The van der Waals surface area contributed by atoms with Gasteiger partial charge in [0.05, 0.1) is 25.4 Å². The van der Waals surface area contributed by atoms with Gasteiger partial charge in [-0.25, -0.2) is 0 Å². The Kier molecular flexibility index (Phi) is 8.59. The van der Waals surface area contributed by atoms with E-state index in [9.17, 15) is 15.0 Å². The van der Waals surface area contributed by atoms with E-state index < -0.39 is 12.2 Å². The normalized spacial score (nSPS) is 15.8. The van der Waals surface area contributed by atoms with Crippen molar-refractivity contribution in [3.8, 4) is 0 Å². The van der Waals surface area contributed by atoms with Gasteiger partial charge in [-0.1, -0.05) is 43.3 Å². The van der Waals surface area contributed by atoms with Crippen molar-refractivity contribution < 1.29 is 19.7 Å². The largest absolute Gasteiger partial charge is 0.393 e. The fraction of sp³-hybridized carbons (Fsp3) is 0.471. The van der Waals surface area contributed by atoms with Crippen LogP contribution in [0.2, 0.25) is 0 Å². The summed E-state index contributed by atoms with van der Waals surface area (Å²) in [5, 5.41) is 19.7. The zero-order valence-corrected chi connectivity index (χ0v) is 12.4. The van der Waals surface area contributed by atoms with Crippen LogP contribution in [0.4, 0.5) is 0 Å². The van der Waals surface area contributed by atoms with Gasteiger partial charge in [0.1, 0.15) is 6.29 Å². The van der Waals surface area contributed by atoms with Crippen LogP contribution in [0.25, 0.3) is 0 Å². The highest BCUT2D eigenvalue weighted by atomic mass is 16.5. The maximum Gasteiger partial charge on any atom is 0.142 e. The molecule has 0 saturated carbocycles. The van der Waals surface area contributed by atoms with E-state index in [1.54, 1.807) is 6.08 Å². The second-order valence-electron chi connectivity index (χ2n) is 5.23. The Morgan fingerprint density at radius 1 is 1.24 bits per heavy atom. The number of carbonyl (C=O) groups is 1. The molecule has 0 amide bonds. The maximum absolute atomic E-state index is 10.1. The lowest BCUT2D eigenvalue weighted by molar-refractivity contribution is -0.104. The minimum absolute atomic E-state index is 0.0570. The van der Waals surface area contributed by atoms with E-state index in [1.165, 1.54) is 6.08 Å². The molecular formula is C17H24O4. The molecule has 0 bridgehead atoms. The van der Waals surface area contributed by atoms with Gasteiger partial charge in [0, 0.05) is 5.92 Å². The standard InChI is InChI=1S/C17H24O4/c1-14(12-21-13-15-7-3-2-4-8-15)17(20)11-16(19)9-5-6-10-18/h2-8,10,14,16-17,19-20H,9,11-13H2,1H3/b6-5+/t14-,16-,17-/m0/s1. The molecule has 3 atom stereocenters. The highest BCUT2D eigenvalue weighted by Gasteiger charge is 2.18. The highest BCUT2D eigenvalue weighted by Crippen LogP contribution is 2.13. The van der Waals surface area contributed by atoms with Crippen molar-refractivity contribution in [2.45, 2.75) is 38.6 Å². The number of ether oxygens (including phenoxy) is 1. The molecule has 21 heavy (non-hydrogen) atoms. The number of allylic oxidation sites excluding steroid dienone is 1. The van der Waals surface area contributed by atoms with Gasteiger partial charge < -0.3 is 14.9 Å². The first-order valence-electron chi connectivity index (χ1n) is 7.21. The van der Waals surface area contributed by atoms with Gasteiger partial charge in [-0.2, -0.15) is 0 Å². The molecule has 1 aromatic carbocycles. The Labute approximate surface area is 126 Å². The predicted octanol–water partition coefficient (Wildman–Crippen LogP) is 2.10.